The van der Waals surface area contributed by atoms with Gasteiger partial charge in [-0.15, -0.1) is 11.3 Å². The zero-order valence-corrected chi connectivity index (χ0v) is 20.4. The number of hydrogen-bond acceptors (Lipinski definition) is 4. The fourth-order valence-corrected chi connectivity index (χ4v) is 5.37. The van der Waals surface area contributed by atoms with Gasteiger partial charge in [0.1, 0.15) is 6.04 Å². The molecule has 1 fully saturated rings. The Hall–Kier alpha value is -2.21. The van der Waals surface area contributed by atoms with Crippen LogP contribution in [0.15, 0.2) is 29.8 Å². The molecular weight excluding hydrogens is 406 g/mol. The van der Waals surface area contributed by atoms with E-state index in [1.165, 1.54) is 4.88 Å². The molecule has 1 aliphatic heterocycles. The van der Waals surface area contributed by atoms with Crippen LogP contribution in [0.2, 0.25) is 0 Å². The van der Waals surface area contributed by atoms with Crippen LogP contribution in [0.1, 0.15) is 71.2 Å². The summed E-state index contributed by atoms with van der Waals surface area (Å²) in [5.41, 5.74) is 4.98. The van der Waals surface area contributed by atoms with Gasteiger partial charge in [0.2, 0.25) is 11.8 Å². The minimum Gasteiger partial charge on any atom is -0.348 e. The van der Waals surface area contributed by atoms with E-state index in [1.54, 1.807) is 11.3 Å². The number of amides is 2. The quantitative estimate of drug-likeness (QED) is 0.656. The van der Waals surface area contributed by atoms with E-state index >= 15 is 0 Å². The number of benzene rings is 1. The number of rotatable bonds is 6. The summed E-state index contributed by atoms with van der Waals surface area (Å²) in [4.78, 5) is 33.6. The largest absolute Gasteiger partial charge is 0.348 e. The van der Waals surface area contributed by atoms with Crippen molar-refractivity contribution in [1.29, 1.82) is 0 Å². The predicted molar refractivity (Wildman–Crippen MR) is 127 cm³/mol. The van der Waals surface area contributed by atoms with Gasteiger partial charge in [-0.05, 0) is 49.7 Å². The molecule has 0 saturated carbocycles. The molecule has 6 heteroatoms. The highest BCUT2D eigenvalue weighted by Crippen LogP contribution is 2.33. The van der Waals surface area contributed by atoms with Crippen molar-refractivity contribution in [2.45, 2.75) is 72.9 Å². The van der Waals surface area contributed by atoms with Crippen molar-refractivity contribution in [1.82, 2.24) is 15.2 Å². The Morgan fingerprint density at radius 2 is 1.94 bits per heavy atom. The summed E-state index contributed by atoms with van der Waals surface area (Å²) in [6, 6.07) is 7.79. The SMILES string of the molecule is CCC(C(=O)N1CCCC1C(=O)NC(C)c1ccc(-c2scnc2C)cc1)C(C)(C)C. The van der Waals surface area contributed by atoms with Crippen LogP contribution >= 0.6 is 11.3 Å². The second-order valence-electron chi connectivity index (χ2n) is 9.64. The first kappa shape index (κ1) is 23.5. The number of hydrogen-bond donors (Lipinski definition) is 1. The third-order valence-electron chi connectivity index (χ3n) is 6.37. The molecule has 3 atom stereocenters. The summed E-state index contributed by atoms with van der Waals surface area (Å²) in [5, 5.41) is 3.14. The molecule has 3 unspecified atom stereocenters. The summed E-state index contributed by atoms with van der Waals surface area (Å²) in [7, 11) is 0. The van der Waals surface area contributed by atoms with Gasteiger partial charge >= 0.3 is 0 Å². The van der Waals surface area contributed by atoms with Gasteiger partial charge in [0.15, 0.2) is 0 Å². The fourth-order valence-electron chi connectivity index (χ4n) is 4.56. The predicted octanol–water partition coefficient (Wildman–Crippen LogP) is 5.36. The summed E-state index contributed by atoms with van der Waals surface area (Å²) >= 11 is 1.63. The molecule has 3 rings (SSSR count). The standard InChI is InChI=1S/C25H35N3O2S/c1-7-20(25(4,5)6)24(30)28-14-8-9-21(28)23(29)27-16(2)18-10-12-19(13-11-18)22-17(3)26-15-31-22/h10-13,15-16,20-21H,7-9,14H2,1-6H3,(H,27,29). The summed E-state index contributed by atoms with van der Waals surface area (Å²) in [6.45, 7) is 13.0. The smallest absolute Gasteiger partial charge is 0.243 e. The topological polar surface area (TPSA) is 62.3 Å². The highest BCUT2D eigenvalue weighted by Gasteiger charge is 2.40. The normalized spacial score (nSPS) is 18.6. The molecule has 0 radical (unpaired) electrons. The Balaban J connectivity index is 1.67. The van der Waals surface area contributed by atoms with Gasteiger partial charge in [-0.3, -0.25) is 9.59 Å². The second-order valence-corrected chi connectivity index (χ2v) is 10.5. The van der Waals surface area contributed by atoms with Crippen LogP contribution in [0.3, 0.4) is 0 Å². The van der Waals surface area contributed by atoms with Crippen LogP contribution in [0.25, 0.3) is 10.4 Å². The molecule has 1 aromatic heterocycles. The van der Waals surface area contributed by atoms with Gasteiger partial charge in [0.25, 0.3) is 0 Å². The van der Waals surface area contributed by atoms with Gasteiger partial charge < -0.3 is 10.2 Å². The third kappa shape index (κ3) is 5.17. The van der Waals surface area contributed by atoms with E-state index in [9.17, 15) is 9.59 Å². The Kier molecular flexibility index (Phi) is 7.20. The molecular formula is C25H35N3O2S. The van der Waals surface area contributed by atoms with Crippen LogP contribution < -0.4 is 5.32 Å². The molecule has 0 bridgehead atoms. The maximum Gasteiger partial charge on any atom is 0.243 e. The minimum absolute atomic E-state index is 0.0514. The van der Waals surface area contributed by atoms with Crippen LogP contribution in [0.4, 0.5) is 0 Å². The molecule has 2 aromatic rings. The molecule has 2 amide bonds. The van der Waals surface area contributed by atoms with Crippen molar-refractivity contribution in [2.75, 3.05) is 6.54 Å². The Morgan fingerprint density at radius 1 is 1.26 bits per heavy atom. The van der Waals surface area contributed by atoms with Gasteiger partial charge in [-0.25, -0.2) is 4.98 Å². The number of carbonyl (C=O) groups excluding carboxylic acids is 2. The zero-order valence-electron chi connectivity index (χ0n) is 19.6. The average molecular weight is 442 g/mol. The van der Waals surface area contributed by atoms with Crippen LogP contribution in [0.5, 0.6) is 0 Å². The van der Waals surface area contributed by atoms with Crippen LogP contribution in [0, 0.1) is 18.3 Å². The third-order valence-corrected chi connectivity index (χ3v) is 7.35. The molecule has 0 aliphatic carbocycles. The average Bonchev–Trinajstić information content (AvgIpc) is 3.36. The van der Waals surface area contributed by atoms with E-state index < -0.39 is 0 Å². The summed E-state index contributed by atoms with van der Waals surface area (Å²) in [6.07, 6.45) is 2.39. The Morgan fingerprint density at radius 3 is 2.48 bits per heavy atom. The Labute approximate surface area is 190 Å². The number of likely N-dealkylation sites (tertiary alicyclic amines) is 1. The summed E-state index contributed by atoms with van der Waals surface area (Å²) in [5.74, 6) is -0.00450. The summed E-state index contributed by atoms with van der Waals surface area (Å²) < 4.78 is 0. The second kappa shape index (κ2) is 9.51. The maximum atomic E-state index is 13.2. The lowest BCUT2D eigenvalue weighted by Gasteiger charge is -2.34. The van der Waals surface area contributed by atoms with E-state index in [4.69, 9.17) is 0 Å². The lowest BCUT2D eigenvalue weighted by atomic mass is 9.78. The minimum atomic E-state index is -0.370. The molecule has 1 saturated heterocycles. The van der Waals surface area contributed by atoms with Crippen LogP contribution in [-0.4, -0.2) is 34.3 Å². The van der Waals surface area contributed by atoms with Gasteiger partial charge in [0, 0.05) is 12.5 Å². The number of nitrogens with one attached hydrogen (secondary N) is 1. The maximum absolute atomic E-state index is 13.2. The number of aromatic nitrogens is 1. The van der Waals surface area contributed by atoms with Gasteiger partial charge in [0.05, 0.1) is 22.1 Å². The number of thiazole rings is 1. The first-order valence-electron chi connectivity index (χ1n) is 11.2. The van der Waals surface area contributed by atoms with Crippen molar-refractivity contribution in [3.63, 3.8) is 0 Å². The van der Waals surface area contributed by atoms with E-state index in [1.807, 2.05) is 24.3 Å². The van der Waals surface area contributed by atoms with Gasteiger partial charge in [-0.1, -0.05) is 52.0 Å². The highest BCUT2D eigenvalue weighted by atomic mass is 32.1. The van der Waals surface area contributed by atoms with E-state index in [-0.39, 0.29) is 35.2 Å². The molecule has 1 aliphatic rings. The lowest BCUT2D eigenvalue weighted by Crippen LogP contribution is -2.50. The van der Waals surface area contributed by atoms with Gasteiger partial charge in [-0.2, -0.15) is 0 Å². The molecule has 0 spiro atoms. The first-order chi connectivity index (χ1) is 14.6. The first-order valence-corrected chi connectivity index (χ1v) is 12.1. The van der Waals surface area contributed by atoms with Crippen molar-refractivity contribution >= 4 is 23.2 Å². The van der Waals surface area contributed by atoms with E-state index in [2.05, 4.69) is 62.3 Å². The molecule has 168 valence electrons. The molecule has 2 heterocycles. The van der Waals surface area contributed by atoms with Crippen LogP contribution in [-0.2, 0) is 9.59 Å². The fraction of sp³-hybridized carbons (Fsp3) is 0.560. The molecule has 1 aromatic carbocycles. The number of aryl methyl sites for hydroxylation is 1. The van der Waals surface area contributed by atoms with Crippen molar-refractivity contribution in [3.05, 3.63) is 41.0 Å². The zero-order chi connectivity index (χ0) is 22.8. The Bertz CT molecular complexity index is 914. The molecule has 31 heavy (non-hydrogen) atoms. The highest BCUT2D eigenvalue weighted by molar-refractivity contribution is 7.13. The van der Waals surface area contributed by atoms with Crippen molar-refractivity contribution in [2.24, 2.45) is 11.3 Å². The number of nitrogens with zero attached hydrogens (tertiary/aromatic N) is 2. The van der Waals surface area contributed by atoms with E-state index in [0.717, 1.165) is 36.1 Å². The number of carbonyl (C=O) groups is 2. The van der Waals surface area contributed by atoms with E-state index in [0.29, 0.717) is 6.54 Å². The lowest BCUT2D eigenvalue weighted by molar-refractivity contribution is -0.144. The van der Waals surface area contributed by atoms with Crippen molar-refractivity contribution in [3.8, 4) is 10.4 Å². The monoisotopic (exact) mass is 441 g/mol. The molecule has 5 nitrogen and oxygen atoms in total. The molecule has 1 N–H and O–H groups in total. The van der Waals surface area contributed by atoms with Crippen molar-refractivity contribution < 1.29 is 9.59 Å².